The van der Waals surface area contributed by atoms with Gasteiger partial charge in [0.05, 0.1) is 5.52 Å². The highest BCUT2D eigenvalue weighted by Crippen LogP contribution is 2.29. The number of benzene rings is 2. The van der Waals surface area contributed by atoms with Gasteiger partial charge in [0.25, 0.3) is 0 Å². The lowest BCUT2D eigenvalue weighted by atomic mass is 10.1. The molecule has 1 saturated carbocycles. The highest BCUT2D eigenvalue weighted by atomic mass is 35.5. The van der Waals surface area contributed by atoms with E-state index in [1.165, 1.54) is 5.56 Å². The molecule has 1 aromatic heterocycles. The summed E-state index contributed by atoms with van der Waals surface area (Å²) in [4.78, 5) is 8.20. The van der Waals surface area contributed by atoms with Crippen LogP contribution in [0.3, 0.4) is 0 Å². The summed E-state index contributed by atoms with van der Waals surface area (Å²) in [5.41, 5.74) is 2.24. The van der Waals surface area contributed by atoms with E-state index in [0.29, 0.717) is 0 Å². The van der Waals surface area contributed by atoms with Gasteiger partial charge in [-0.2, -0.15) is 0 Å². The Balaban J connectivity index is 0.000000163. The van der Waals surface area contributed by atoms with Gasteiger partial charge in [-0.1, -0.05) is 18.2 Å². The van der Waals surface area contributed by atoms with Crippen molar-refractivity contribution in [3.63, 3.8) is 0 Å². The van der Waals surface area contributed by atoms with Gasteiger partial charge in [0.15, 0.2) is 0 Å². The van der Waals surface area contributed by atoms with Crippen molar-refractivity contribution in [2.45, 2.75) is 37.4 Å². The highest BCUT2D eigenvalue weighted by molar-refractivity contribution is 6.20. The van der Waals surface area contributed by atoms with Gasteiger partial charge < -0.3 is 9.47 Å². The van der Waals surface area contributed by atoms with Crippen LogP contribution in [-0.4, -0.2) is 21.4 Å². The molecule has 0 amide bonds. The van der Waals surface area contributed by atoms with Crippen LogP contribution in [0.2, 0.25) is 0 Å². The van der Waals surface area contributed by atoms with E-state index in [9.17, 15) is 0 Å². The van der Waals surface area contributed by atoms with Crippen molar-refractivity contribution in [1.82, 2.24) is 9.97 Å². The predicted octanol–water partition coefficient (Wildman–Crippen LogP) is 4.75. The van der Waals surface area contributed by atoms with Gasteiger partial charge in [-0.05, 0) is 31.0 Å². The number of fused-ring (bicyclic) bond motifs is 2. The van der Waals surface area contributed by atoms with Gasteiger partial charge in [-0.3, -0.25) is 0 Å². The van der Waals surface area contributed by atoms with Crippen molar-refractivity contribution in [3.8, 4) is 11.5 Å². The summed E-state index contributed by atoms with van der Waals surface area (Å²) < 4.78 is 11.0. The van der Waals surface area contributed by atoms with Gasteiger partial charge in [-0.25, -0.2) is 9.97 Å². The number of hydrogen-bond donors (Lipinski definition) is 0. The van der Waals surface area contributed by atoms with Crippen LogP contribution in [0.5, 0.6) is 11.5 Å². The monoisotopic (exact) mass is 354 g/mol. The summed E-state index contributed by atoms with van der Waals surface area (Å²) in [6.45, 7) is 0.802. The maximum Gasteiger partial charge on any atom is 0.126 e. The average Bonchev–Trinajstić information content (AvgIpc) is 3.01. The molecule has 0 N–H and O–H groups in total. The Morgan fingerprint density at radius 2 is 2.04 bits per heavy atom. The van der Waals surface area contributed by atoms with E-state index in [1.54, 1.807) is 12.5 Å². The van der Waals surface area contributed by atoms with Crippen LogP contribution < -0.4 is 9.47 Å². The molecule has 2 aliphatic rings. The molecule has 5 rings (SSSR count). The zero-order valence-electron chi connectivity index (χ0n) is 13.8. The smallest absolute Gasteiger partial charge is 0.126 e. The number of rotatable bonds is 2. The van der Waals surface area contributed by atoms with E-state index < -0.39 is 0 Å². The Morgan fingerprint density at radius 1 is 1.12 bits per heavy atom. The standard InChI is InChI=1S/C13H13ClN2O.C7H6O/c14-10-2-4-11(5-10)17-12-3-1-9-7-15-8-16-13(9)6-12;1-2-4-7-6(3-1)5-8-7/h1,3,6-8,10-11H,2,4-5H2;1-4H,5H2. The van der Waals surface area contributed by atoms with Crippen LogP contribution in [0, 0.1) is 0 Å². The first-order chi connectivity index (χ1) is 12.3. The molecule has 2 atom stereocenters. The van der Waals surface area contributed by atoms with Crippen molar-refractivity contribution in [1.29, 1.82) is 0 Å². The van der Waals surface area contributed by atoms with Crippen molar-refractivity contribution in [3.05, 3.63) is 60.6 Å². The molecule has 0 radical (unpaired) electrons. The number of hydrogen-bond acceptors (Lipinski definition) is 4. The largest absolute Gasteiger partial charge is 0.490 e. The lowest BCUT2D eigenvalue weighted by Gasteiger charge is -2.18. The number of aromatic nitrogens is 2. The van der Waals surface area contributed by atoms with Crippen molar-refractivity contribution in [2.75, 3.05) is 0 Å². The molecular weight excluding hydrogens is 336 g/mol. The predicted molar refractivity (Wildman–Crippen MR) is 98.2 cm³/mol. The van der Waals surface area contributed by atoms with E-state index in [4.69, 9.17) is 21.1 Å². The van der Waals surface area contributed by atoms with Gasteiger partial charge in [0.1, 0.15) is 30.5 Å². The van der Waals surface area contributed by atoms with E-state index >= 15 is 0 Å². The summed E-state index contributed by atoms with van der Waals surface area (Å²) in [6.07, 6.45) is 6.62. The van der Waals surface area contributed by atoms with Crippen LogP contribution in [0.15, 0.2) is 55.0 Å². The minimum atomic E-state index is 0.247. The van der Waals surface area contributed by atoms with Gasteiger partial charge >= 0.3 is 0 Å². The topological polar surface area (TPSA) is 44.2 Å². The van der Waals surface area contributed by atoms with Gasteiger partial charge in [-0.15, -0.1) is 11.6 Å². The Kier molecular flexibility index (Phi) is 4.70. The van der Waals surface area contributed by atoms with Crippen LogP contribution in [0.4, 0.5) is 0 Å². The molecule has 0 spiro atoms. The first-order valence-corrected chi connectivity index (χ1v) is 8.93. The van der Waals surface area contributed by atoms with E-state index in [-0.39, 0.29) is 11.5 Å². The maximum atomic E-state index is 6.07. The summed E-state index contributed by atoms with van der Waals surface area (Å²) in [5, 5.41) is 1.30. The molecule has 4 nitrogen and oxygen atoms in total. The van der Waals surface area contributed by atoms with Crippen LogP contribution in [-0.2, 0) is 6.61 Å². The van der Waals surface area contributed by atoms with Crippen LogP contribution >= 0.6 is 11.6 Å². The fourth-order valence-electron chi connectivity index (χ4n) is 3.05. The summed E-state index contributed by atoms with van der Waals surface area (Å²) in [6, 6.07) is 14.0. The average molecular weight is 355 g/mol. The second-order valence-electron chi connectivity index (χ2n) is 6.29. The second kappa shape index (κ2) is 7.28. The number of ether oxygens (including phenoxy) is 2. The maximum absolute atomic E-state index is 6.07. The quantitative estimate of drug-likeness (QED) is 0.623. The SMILES string of the molecule is ClC1CCC(Oc2ccc3cncnc3c2)C1.c1ccc2c(c1)CO2. The molecule has 0 bridgehead atoms. The molecule has 1 aliphatic heterocycles. The lowest BCUT2D eigenvalue weighted by molar-refractivity contribution is 0.210. The summed E-state index contributed by atoms with van der Waals surface area (Å²) in [7, 11) is 0. The van der Waals surface area contributed by atoms with Crippen molar-refractivity contribution < 1.29 is 9.47 Å². The number of halogens is 1. The Bertz CT molecular complexity index is 848. The molecule has 2 aromatic carbocycles. The molecule has 25 heavy (non-hydrogen) atoms. The van der Waals surface area contributed by atoms with Crippen molar-refractivity contribution >= 4 is 22.5 Å². The van der Waals surface area contributed by atoms with E-state index in [2.05, 4.69) is 16.0 Å². The molecule has 2 unspecified atom stereocenters. The van der Waals surface area contributed by atoms with Gasteiger partial charge in [0, 0.05) is 35.0 Å². The van der Waals surface area contributed by atoms with Gasteiger partial charge in [0.2, 0.25) is 0 Å². The zero-order valence-corrected chi connectivity index (χ0v) is 14.5. The van der Waals surface area contributed by atoms with Crippen LogP contribution in [0.25, 0.3) is 10.9 Å². The molecule has 3 aromatic rings. The fraction of sp³-hybridized carbons (Fsp3) is 0.300. The van der Waals surface area contributed by atoms with Crippen molar-refractivity contribution in [2.24, 2.45) is 0 Å². The van der Waals surface area contributed by atoms with E-state index in [1.807, 2.05) is 36.4 Å². The zero-order chi connectivity index (χ0) is 17.1. The molecule has 128 valence electrons. The molecule has 1 fully saturated rings. The van der Waals surface area contributed by atoms with E-state index in [0.717, 1.165) is 48.3 Å². The lowest BCUT2D eigenvalue weighted by Crippen LogP contribution is -2.12. The normalized spacial score (nSPS) is 20.7. The number of alkyl halides is 1. The summed E-state index contributed by atoms with van der Waals surface area (Å²) in [5.74, 6) is 1.92. The minimum Gasteiger partial charge on any atom is -0.490 e. The third-order valence-corrected chi connectivity index (χ3v) is 4.85. The highest BCUT2D eigenvalue weighted by Gasteiger charge is 2.24. The Labute approximate surface area is 151 Å². The van der Waals surface area contributed by atoms with Crippen LogP contribution in [0.1, 0.15) is 24.8 Å². The molecule has 5 heteroatoms. The minimum absolute atomic E-state index is 0.247. The number of para-hydroxylation sites is 1. The third-order valence-electron chi connectivity index (χ3n) is 4.46. The fourth-order valence-corrected chi connectivity index (χ4v) is 3.38. The number of nitrogens with zero attached hydrogens (tertiary/aromatic N) is 2. The molecule has 1 aliphatic carbocycles. The Morgan fingerprint density at radius 3 is 2.72 bits per heavy atom. The first kappa shape index (κ1) is 16.2. The first-order valence-electron chi connectivity index (χ1n) is 8.49. The third kappa shape index (κ3) is 3.85. The Hall–Kier alpha value is -2.33. The summed E-state index contributed by atoms with van der Waals surface area (Å²) >= 11 is 6.07. The second-order valence-corrected chi connectivity index (χ2v) is 6.91. The molecular formula is C20H19ClN2O2. The molecule has 0 saturated heterocycles. The molecule has 2 heterocycles.